The second-order valence-electron chi connectivity index (χ2n) is 5.04. The molecule has 0 unspecified atom stereocenters. The molecule has 2 rings (SSSR count). The summed E-state index contributed by atoms with van der Waals surface area (Å²) in [5.74, 6) is -0.212. The van der Waals surface area contributed by atoms with Crippen molar-refractivity contribution < 1.29 is 13.2 Å². The summed E-state index contributed by atoms with van der Waals surface area (Å²) in [5.41, 5.74) is 3.09. The van der Waals surface area contributed by atoms with Crippen LogP contribution in [0.1, 0.15) is 16.7 Å². The molecule has 0 saturated carbocycles. The predicted molar refractivity (Wildman–Crippen MR) is 85.7 cm³/mol. The zero-order valence-corrected chi connectivity index (χ0v) is 13.8. The van der Waals surface area contributed by atoms with E-state index in [1.165, 1.54) is 17.4 Å². The van der Waals surface area contributed by atoms with Crippen LogP contribution in [0.3, 0.4) is 0 Å². The number of rotatable bonds is 4. The van der Waals surface area contributed by atoms with Gasteiger partial charge in [0.2, 0.25) is 5.91 Å². The van der Waals surface area contributed by atoms with Gasteiger partial charge >= 0.3 is 0 Å². The Balaban J connectivity index is 2.16. The molecule has 0 bridgehead atoms. The van der Waals surface area contributed by atoms with Crippen LogP contribution in [0, 0.1) is 13.8 Å². The van der Waals surface area contributed by atoms with Gasteiger partial charge in [-0.1, -0.05) is 23.8 Å². The third-order valence-corrected chi connectivity index (χ3v) is 5.24. The number of hydrogen-bond acceptors (Lipinski definition) is 4. The number of amides is 1. The molecule has 1 amide bonds. The van der Waals surface area contributed by atoms with Crippen molar-refractivity contribution in [2.45, 2.75) is 25.2 Å². The Kier molecular flexibility index (Phi) is 4.49. The van der Waals surface area contributed by atoms with E-state index in [-0.39, 0.29) is 17.2 Å². The Morgan fingerprint density at radius 1 is 1.24 bits per heavy atom. The van der Waals surface area contributed by atoms with Gasteiger partial charge in [0.25, 0.3) is 0 Å². The topological polar surface area (TPSA) is 63.2 Å². The summed E-state index contributed by atoms with van der Waals surface area (Å²) >= 11 is 1.21. The molecule has 1 aromatic heterocycles. The van der Waals surface area contributed by atoms with Gasteiger partial charge in [-0.15, -0.1) is 11.3 Å². The van der Waals surface area contributed by atoms with Crippen LogP contribution >= 0.6 is 11.3 Å². The number of anilines is 1. The van der Waals surface area contributed by atoms with Crippen molar-refractivity contribution in [3.8, 4) is 0 Å². The van der Waals surface area contributed by atoms with Gasteiger partial charge in [0.15, 0.2) is 9.84 Å². The molecule has 0 aliphatic rings. The maximum atomic E-state index is 12.1. The van der Waals surface area contributed by atoms with E-state index < -0.39 is 9.84 Å². The number of benzene rings is 1. The molecule has 0 aliphatic carbocycles. The second-order valence-corrected chi connectivity index (χ2v) is 7.94. The number of thiophene rings is 1. The highest BCUT2D eigenvalue weighted by atomic mass is 32.2. The lowest BCUT2D eigenvalue weighted by atomic mass is 10.0. The molecule has 0 saturated heterocycles. The molecule has 1 N–H and O–H groups in total. The number of carbonyl (C=O) groups excluding carboxylic acids is 1. The summed E-state index contributed by atoms with van der Waals surface area (Å²) in [5, 5.41) is 4.73. The van der Waals surface area contributed by atoms with Gasteiger partial charge in [-0.25, -0.2) is 8.42 Å². The second kappa shape index (κ2) is 5.99. The van der Waals surface area contributed by atoms with Crippen LogP contribution in [-0.4, -0.2) is 20.6 Å². The Hall–Kier alpha value is -1.66. The van der Waals surface area contributed by atoms with Crippen molar-refractivity contribution in [2.75, 3.05) is 11.6 Å². The lowest BCUT2D eigenvalue weighted by Crippen LogP contribution is -2.16. The summed E-state index contributed by atoms with van der Waals surface area (Å²) < 4.78 is 23.2. The van der Waals surface area contributed by atoms with E-state index >= 15 is 0 Å². The molecule has 0 atom stereocenters. The third kappa shape index (κ3) is 3.92. The van der Waals surface area contributed by atoms with Gasteiger partial charge in [0.1, 0.15) is 9.90 Å². The molecule has 2 aromatic rings. The first-order chi connectivity index (χ1) is 9.77. The van der Waals surface area contributed by atoms with Crippen LogP contribution < -0.4 is 5.32 Å². The Bertz CT molecular complexity index is 776. The standard InChI is InChI=1S/C15H17NO3S2/c1-10-4-5-11(2)12(8-10)9-14(17)16-15-13(6-7-20-15)21(3,18)19/h4-8H,9H2,1-3H3,(H,16,17). The van der Waals surface area contributed by atoms with E-state index in [4.69, 9.17) is 0 Å². The summed E-state index contributed by atoms with van der Waals surface area (Å²) in [6.07, 6.45) is 1.37. The van der Waals surface area contributed by atoms with Crippen molar-refractivity contribution in [3.63, 3.8) is 0 Å². The minimum atomic E-state index is -3.33. The van der Waals surface area contributed by atoms with Crippen LogP contribution in [0.5, 0.6) is 0 Å². The molecule has 112 valence electrons. The molecule has 4 nitrogen and oxygen atoms in total. The zero-order chi connectivity index (χ0) is 15.6. The molecule has 0 radical (unpaired) electrons. The van der Waals surface area contributed by atoms with E-state index in [1.54, 1.807) is 5.38 Å². The van der Waals surface area contributed by atoms with Gasteiger partial charge in [-0.3, -0.25) is 4.79 Å². The normalized spacial score (nSPS) is 11.4. The Morgan fingerprint density at radius 3 is 2.62 bits per heavy atom. The molecule has 0 fully saturated rings. The minimum absolute atomic E-state index is 0.168. The number of sulfone groups is 1. The first kappa shape index (κ1) is 15.7. The van der Waals surface area contributed by atoms with Crippen LogP contribution in [-0.2, 0) is 21.1 Å². The predicted octanol–water partition coefficient (Wildman–Crippen LogP) is 2.95. The van der Waals surface area contributed by atoms with Gasteiger partial charge in [-0.2, -0.15) is 0 Å². The van der Waals surface area contributed by atoms with Crippen molar-refractivity contribution in [2.24, 2.45) is 0 Å². The van der Waals surface area contributed by atoms with Gasteiger partial charge in [-0.05, 0) is 36.4 Å². The Labute approximate surface area is 128 Å². The van der Waals surface area contributed by atoms with Gasteiger partial charge in [0, 0.05) is 6.26 Å². The van der Waals surface area contributed by atoms with Crippen molar-refractivity contribution >= 4 is 32.1 Å². The molecule has 1 heterocycles. The van der Waals surface area contributed by atoms with E-state index in [1.807, 2.05) is 32.0 Å². The van der Waals surface area contributed by atoms with E-state index in [9.17, 15) is 13.2 Å². The summed E-state index contributed by atoms with van der Waals surface area (Å²) in [6, 6.07) is 7.46. The van der Waals surface area contributed by atoms with E-state index in [2.05, 4.69) is 5.32 Å². The fraction of sp³-hybridized carbons (Fsp3) is 0.267. The highest BCUT2D eigenvalue weighted by molar-refractivity contribution is 7.91. The number of carbonyl (C=O) groups is 1. The van der Waals surface area contributed by atoms with Gasteiger partial charge in [0.05, 0.1) is 6.42 Å². The monoisotopic (exact) mass is 323 g/mol. The van der Waals surface area contributed by atoms with Crippen LogP contribution in [0.4, 0.5) is 5.00 Å². The Morgan fingerprint density at radius 2 is 1.95 bits per heavy atom. The highest BCUT2D eigenvalue weighted by Gasteiger charge is 2.17. The average Bonchev–Trinajstić information content (AvgIpc) is 2.81. The lowest BCUT2D eigenvalue weighted by molar-refractivity contribution is -0.115. The molecular weight excluding hydrogens is 306 g/mol. The van der Waals surface area contributed by atoms with Crippen LogP contribution in [0.25, 0.3) is 0 Å². The molecule has 6 heteroatoms. The maximum Gasteiger partial charge on any atom is 0.229 e. The summed E-state index contributed by atoms with van der Waals surface area (Å²) in [4.78, 5) is 12.3. The van der Waals surface area contributed by atoms with Gasteiger partial charge < -0.3 is 5.32 Å². The SMILES string of the molecule is Cc1ccc(C)c(CC(=O)Nc2sccc2S(C)(=O)=O)c1. The number of nitrogens with one attached hydrogen (secondary N) is 1. The summed E-state index contributed by atoms with van der Waals surface area (Å²) in [6.45, 7) is 3.93. The van der Waals surface area contributed by atoms with Crippen LogP contribution in [0.2, 0.25) is 0 Å². The number of aryl methyl sites for hydroxylation is 2. The maximum absolute atomic E-state index is 12.1. The van der Waals surface area contributed by atoms with Crippen molar-refractivity contribution in [1.29, 1.82) is 0 Å². The molecule has 0 aliphatic heterocycles. The third-order valence-electron chi connectivity index (χ3n) is 3.14. The first-order valence-electron chi connectivity index (χ1n) is 6.41. The quantitative estimate of drug-likeness (QED) is 0.941. The summed E-state index contributed by atoms with van der Waals surface area (Å²) in [7, 11) is -3.33. The fourth-order valence-corrected chi connectivity index (χ4v) is 4.10. The first-order valence-corrected chi connectivity index (χ1v) is 9.18. The largest absolute Gasteiger partial charge is 0.316 e. The molecular formula is C15H17NO3S2. The number of hydrogen-bond donors (Lipinski definition) is 1. The molecule has 1 aromatic carbocycles. The molecule has 0 spiro atoms. The fourth-order valence-electron chi connectivity index (χ4n) is 2.02. The zero-order valence-electron chi connectivity index (χ0n) is 12.1. The highest BCUT2D eigenvalue weighted by Crippen LogP contribution is 2.27. The van der Waals surface area contributed by atoms with Crippen LogP contribution in [0.15, 0.2) is 34.5 Å². The average molecular weight is 323 g/mol. The van der Waals surface area contributed by atoms with E-state index in [0.29, 0.717) is 5.00 Å². The lowest BCUT2D eigenvalue weighted by Gasteiger charge is -2.08. The molecule has 21 heavy (non-hydrogen) atoms. The minimum Gasteiger partial charge on any atom is -0.316 e. The van der Waals surface area contributed by atoms with E-state index in [0.717, 1.165) is 22.9 Å². The van der Waals surface area contributed by atoms with Crippen molar-refractivity contribution in [3.05, 3.63) is 46.3 Å². The van der Waals surface area contributed by atoms with Crippen molar-refractivity contribution in [1.82, 2.24) is 0 Å². The smallest absolute Gasteiger partial charge is 0.229 e.